The lowest BCUT2D eigenvalue weighted by Gasteiger charge is -2.27. The second-order valence-electron chi connectivity index (χ2n) is 6.11. The van der Waals surface area contributed by atoms with E-state index in [2.05, 4.69) is 0 Å². The number of aliphatic hydroxyl groups excluding tert-OH is 1. The third kappa shape index (κ3) is 5.34. The quantitative estimate of drug-likeness (QED) is 0.836. The fourth-order valence-corrected chi connectivity index (χ4v) is 2.39. The summed E-state index contributed by atoms with van der Waals surface area (Å²) in [5, 5.41) is 10.4. The molecule has 1 unspecified atom stereocenters. The van der Waals surface area contributed by atoms with Crippen LogP contribution >= 0.6 is 0 Å². The van der Waals surface area contributed by atoms with E-state index in [1.807, 2.05) is 19.0 Å². The molecule has 2 aromatic carbocycles. The van der Waals surface area contributed by atoms with Crippen molar-refractivity contribution in [2.24, 2.45) is 0 Å². The van der Waals surface area contributed by atoms with Crippen molar-refractivity contribution < 1.29 is 18.7 Å². The summed E-state index contributed by atoms with van der Waals surface area (Å²) in [5.41, 5.74) is 0.677. The average Bonchev–Trinajstić information content (AvgIpc) is 2.59. The fraction of sp³-hybridized carbons (Fsp3) is 0.316. The van der Waals surface area contributed by atoms with Crippen molar-refractivity contribution in [1.29, 1.82) is 0 Å². The largest absolute Gasteiger partial charge is 0.378 e. The van der Waals surface area contributed by atoms with E-state index in [4.69, 9.17) is 0 Å². The van der Waals surface area contributed by atoms with Gasteiger partial charge in [-0.15, -0.1) is 0 Å². The maximum Gasteiger partial charge on any atom is 0.256 e. The monoisotopic (exact) mass is 348 g/mol. The first-order valence-corrected chi connectivity index (χ1v) is 7.99. The van der Waals surface area contributed by atoms with Crippen molar-refractivity contribution in [3.63, 3.8) is 0 Å². The van der Waals surface area contributed by atoms with Gasteiger partial charge in [0.2, 0.25) is 0 Å². The van der Waals surface area contributed by atoms with Crippen LogP contribution in [0.2, 0.25) is 0 Å². The number of hydrogen-bond donors (Lipinski definition) is 1. The van der Waals surface area contributed by atoms with Gasteiger partial charge < -0.3 is 14.9 Å². The highest BCUT2D eigenvalue weighted by Gasteiger charge is 2.24. The molecule has 0 bridgehead atoms. The number of nitrogens with zero attached hydrogens (tertiary/aromatic N) is 2. The van der Waals surface area contributed by atoms with E-state index in [-0.39, 0.29) is 12.1 Å². The molecule has 134 valence electrons. The number of hydrogen-bond acceptors (Lipinski definition) is 3. The Labute approximate surface area is 146 Å². The molecule has 0 radical (unpaired) electrons. The van der Waals surface area contributed by atoms with Crippen molar-refractivity contribution >= 4 is 5.91 Å². The summed E-state index contributed by atoms with van der Waals surface area (Å²) in [6.45, 7) is 0.825. The van der Waals surface area contributed by atoms with Crippen LogP contribution in [0, 0.1) is 11.6 Å². The number of halogens is 2. The topological polar surface area (TPSA) is 43.8 Å². The first kappa shape index (κ1) is 19.0. The van der Waals surface area contributed by atoms with E-state index in [1.165, 1.54) is 11.0 Å². The molecule has 0 spiro atoms. The highest BCUT2D eigenvalue weighted by molar-refractivity contribution is 5.82. The predicted molar refractivity (Wildman–Crippen MR) is 91.7 cm³/mol. The Bertz CT molecular complexity index is 708. The van der Waals surface area contributed by atoms with E-state index < -0.39 is 23.6 Å². The fourth-order valence-electron chi connectivity index (χ4n) is 2.39. The lowest BCUT2D eigenvalue weighted by atomic mass is 10.1. The van der Waals surface area contributed by atoms with Crippen molar-refractivity contribution in [3.05, 3.63) is 71.3 Å². The van der Waals surface area contributed by atoms with Crippen LogP contribution in [0.5, 0.6) is 0 Å². The van der Waals surface area contributed by atoms with Crippen LogP contribution in [-0.2, 0) is 11.3 Å². The summed E-state index contributed by atoms with van der Waals surface area (Å²) in [6, 6.07) is 11.8. The van der Waals surface area contributed by atoms with Crippen LogP contribution in [0.1, 0.15) is 17.2 Å². The average molecular weight is 348 g/mol. The standard InChI is InChI=1S/C19H22F2N2O2/c1-22(2)10-11-23(13-15-8-9-16(20)12-17(15)21)19(25)18(24)14-6-4-3-5-7-14/h3-9,12,18,24H,10-11,13H2,1-2H3. The molecule has 1 atom stereocenters. The van der Waals surface area contributed by atoms with Gasteiger partial charge in [0.05, 0.1) is 0 Å². The summed E-state index contributed by atoms with van der Waals surface area (Å²) < 4.78 is 27.0. The van der Waals surface area contributed by atoms with Crippen LogP contribution < -0.4 is 0 Å². The molecule has 0 aliphatic rings. The summed E-state index contributed by atoms with van der Waals surface area (Å²) in [6.07, 6.45) is -1.33. The molecule has 2 aromatic rings. The highest BCUT2D eigenvalue weighted by atomic mass is 19.1. The van der Waals surface area contributed by atoms with Gasteiger partial charge in [-0.2, -0.15) is 0 Å². The van der Waals surface area contributed by atoms with Gasteiger partial charge in [0, 0.05) is 31.3 Å². The molecule has 1 N–H and O–H groups in total. The van der Waals surface area contributed by atoms with E-state index in [0.29, 0.717) is 18.7 Å². The molecule has 0 heterocycles. The minimum Gasteiger partial charge on any atom is -0.378 e. The van der Waals surface area contributed by atoms with Gasteiger partial charge in [0.25, 0.3) is 5.91 Å². The molecule has 0 aliphatic carbocycles. The number of amides is 1. The molecule has 0 aromatic heterocycles. The Morgan fingerprint density at radius 3 is 2.36 bits per heavy atom. The summed E-state index contributed by atoms with van der Waals surface area (Å²) in [4.78, 5) is 16.0. The van der Waals surface area contributed by atoms with E-state index in [9.17, 15) is 18.7 Å². The Kier molecular flexibility index (Phi) is 6.61. The number of likely N-dealkylation sites (N-methyl/N-ethyl adjacent to an activating group) is 1. The van der Waals surface area contributed by atoms with E-state index in [0.717, 1.165) is 12.1 Å². The normalized spacial score (nSPS) is 12.2. The zero-order valence-corrected chi connectivity index (χ0v) is 14.3. The first-order chi connectivity index (χ1) is 11.9. The van der Waals surface area contributed by atoms with Crippen molar-refractivity contribution in [1.82, 2.24) is 9.80 Å². The molecule has 0 aliphatic heterocycles. The number of benzene rings is 2. The maximum absolute atomic E-state index is 13.9. The molecular formula is C19H22F2N2O2. The zero-order valence-electron chi connectivity index (χ0n) is 14.3. The predicted octanol–water partition coefficient (Wildman–Crippen LogP) is 2.59. The van der Waals surface area contributed by atoms with E-state index >= 15 is 0 Å². The van der Waals surface area contributed by atoms with Gasteiger partial charge >= 0.3 is 0 Å². The van der Waals surface area contributed by atoms with Gasteiger partial charge in [-0.05, 0) is 25.7 Å². The third-order valence-corrected chi connectivity index (χ3v) is 3.85. The molecule has 0 saturated carbocycles. The van der Waals surface area contributed by atoms with Gasteiger partial charge in [-0.25, -0.2) is 8.78 Å². The highest BCUT2D eigenvalue weighted by Crippen LogP contribution is 2.18. The maximum atomic E-state index is 13.9. The Balaban J connectivity index is 2.20. The number of carbonyl (C=O) groups is 1. The van der Waals surface area contributed by atoms with Crippen LogP contribution in [-0.4, -0.2) is 48.0 Å². The van der Waals surface area contributed by atoms with Gasteiger partial charge in [0.1, 0.15) is 11.6 Å². The smallest absolute Gasteiger partial charge is 0.256 e. The molecule has 0 fully saturated rings. The molecule has 2 rings (SSSR count). The summed E-state index contributed by atoms with van der Waals surface area (Å²) in [5.74, 6) is -1.90. The Morgan fingerprint density at radius 1 is 1.08 bits per heavy atom. The Hall–Kier alpha value is -2.31. The van der Waals surface area contributed by atoms with Crippen LogP contribution in [0.3, 0.4) is 0 Å². The van der Waals surface area contributed by atoms with Gasteiger partial charge in [0.15, 0.2) is 6.10 Å². The summed E-state index contributed by atoms with van der Waals surface area (Å²) in [7, 11) is 3.71. The van der Waals surface area contributed by atoms with Gasteiger partial charge in [-0.1, -0.05) is 36.4 Å². The Morgan fingerprint density at radius 2 is 1.76 bits per heavy atom. The van der Waals surface area contributed by atoms with Crippen molar-refractivity contribution in [3.8, 4) is 0 Å². The number of rotatable bonds is 7. The first-order valence-electron chi connectivity index (χ1n) is 7.99. The molecule has 25 heavy (non-hydrogen) atoms. The third-order valence-electron chi connectivity index (χ3n) is 3.85. The SMILES string of the molecule is CN(C)CCN(Cc1ccc(F)cc1F)C(=O)C(O)c1ccccc1. The lowest BCUT2D eigenvalue weighted by Crippen LogP contribution is -2.39. The summed E-state index contributed by atoms with van der Waals surface area (Å²) >= 11 is 0. The van der Waals surface area contributed by atoms with E-state index in [1.54, 1.807) is 30.3 Å². The number of aliphatic hydroxyl groups is 1. The van der Waals surface area contributed by atoms with Crippen LogP contribution in [0.15, 0.2) is 48.5 Å². The zero-order chi connectivity index (χ0) is 18.4. The number of carbonyl (C=O) groups excluding carboxylic acids is 1. The van der Waals surface area contributed by atoms with Gasteiger partial charge in [-0.3, -0.25) is 4.79 Å². The minimum absolute atomic E-state index is 0.0390. The molecular weight excluding hydrogens is 326 g/mol. The second-order valence-corrected chi connectivity index (χ2v) is 6.11. The van der Waals surface area contributed by atoms with Crippen molar-refractivity contribution in [2.75, 3.05) is 27.2 Å². The molecule has 4 nitrogen and oxygen atoms in total. The lowest BCUT2D eigenvalue weighted by molar-refractivity contribution is -0.141. The molecule has 6 heteroatoms. The molecule has 0 saturated heterocycles. The molecule has 1 amide bonds. The van der Waals surface area contributed by atoms with Crippen LogP contribution in [0.25, 0.3) is 0 Å². The van der Waals surface area contributed by atoms with Crippen LogP contribution in [0.4, 0.5) is 8.78 Å². The second kappa shape index (κ2) is 8.69. The van der Waals surface area contributed by atoms with Crippen molar-refractivity contribution in [2.45, 2.75) is 12.6 Å². The minimum atomic E-state index is -1.33.